The van der Waals surface area contributed by atoms with Gasteiger partial charge < -0.3 is 5.73 Å². The van der Waals surface area contributed by atoms with Crippen molar-refractivity contribution in [2.24, 2.45) is 5.73 Å². The molecule has 1 aromatic heterocycles. The van der Waals surface area contributed by atoms with Gasteiger partial charge in [0.15, 0.2) is 5.03 Å². The SMILES string of the molecule is CC(N)CNS(=O)(=O)c1ccn[nH]1. The maximum absolute atomic E-state index is 11.4. The zero-order chi connectivity index (χ0) is 9.90. The molecule has 0 aliphatic carbocycles. The molecule has 1 aromatic rings. The number of rotatable bonds is 4. The number of nitrogens with one attached hydrogen (secondary N) is 2. The van der Waals surface area contributed by atoms with Crippen molar-refractivity contribution in [2.45, 2.75) is 18.0 Å². The summed E-state index contributed by atoms with van der Waals surface area (Å²) in [6, 6.07) is 1.17. The van der Waals surface area contributed by atoms with E-state index in [1.807, 2.05) is 0 Å². The van der Waals surface area contributed by atoms with E-state index in [0.717, 1.165) is 0 Å². The highest BCUT2D eigenvalue weighted by Gasteiger charge is 2.14. The van der Waals surface area contributed by atoms with Crippen LogP contribution in [-0.4, -0.2) is 31.2 Å². The molecule has 0 bridgehead atoms. The third kappa shape index (κ3) is 2.79. The fraction of sp³-hybridized carbons (Fsp3) is 0.500. The lowest BCUT2D eigenvalue weighted by Crippen LogP contribution is -2.35. The number of aromatic amines is 1. The van der Waals surface area contributed by atoms with E-state index in [1.165, 1.54) is 12.3 Å². The van der Waals surface area contributed by atoms with E-state index < -0.39 is 10.0 Å². The Morgan fingerprint density at radius 2 is 2.46 bits per heavy atom. The summed E-state index contributed by atoms with van der Waals surface area (Å²) in [5.41, 5.74) is 5.40. The first-order chi connectivity index (χ1) is 6.02. The molecule has 0 radical (unpaired) electrons. The Kier molecular flexibility index (Phi) is 3.02. The van der Waals surface area contributed by atoms with Crippen LogP contribution < -0.4 is 10.5 Å². The standard InChI is InChI=1S/C6H12N4O2S/c1-5(7)4-9-13(11,12)6-2-3-8-10-6/h2-3,5,9H,4,7H2,1H3,(H,8,10). The van der Waals surface area contributed by atoms with E-state index in [9.17, 15) is 8.42 Å². The molecule has 0 aliphatic heterocycles. The summed E-state index contributed by atoms with van der Waals surface area (Å²) in [7, 11) is -3.46. The topological polar surface area (TPSA) is 101 Å². The van der Waals surface area contributed by atoms with Crippen LogP contribution in [0.2, 0.25) is 0 Å². The normalized spacial score (nSPS) is 14.3. The first-order valence-corrected chi connectivity index (χ1v) is 5.25. The number of nitrogens with zero attached hydrogens (tertiary/aromatic N) is 1. The molecule has 1 unspecified atom stereocenters. The van der Waals surface area contributed by atoms with Crippen molar-refractivity contribution >= 4 is 10.0 Å². The van der Waals surface area contributed by atoms with Crippen molar-refractivity contribution in [1.82, 2.24) is 14.9 Å². The van der Waals surface area contributed by atoms with Crippen molar-refractivity contribution in [1.29, 1.82) is 0 Å². The van der Waals surface area contributed by atoms with Gasteiger partial charge in [-0.2, -0.15) is 5.10 Å². The van der Waals surface area contributed by atoms with Crippen LogP contribution in [0.1, 0.15) is 6.92 Å². The third-order valence-electron chi connectivity index (χ3n) is 1.36. The molecular formula is C6H12N4O2S. The van der Waals surface area contributed by atoms with Gasteiger partial charge in [-0.15, -0.1) is 0 Å². The van der Waals surface area contributed by atoms with E-state index in [1.54, 1.807) is 6.92 Å². The highest BCUT2D eigenvalue weighted by atomic mass is 32.2. The average Bonchev–Trinajstić information content (AvgIpc) is 2.53. The second kappa shape index (κ2) is 3.86. The lowest BCUT2D eigenvalue weighted by molar-refractivity contribution is 0.570. The van der Waals surface area contributed by atoms with Gasteiger partial charge in [-0.25, -0.2) is 13.1 Å². The molecule has 4 N–H and O–H groups in total. The molecule has 1 heterocycles. The Labute approximate surface area is 76.6 Å². The summed E-state index contributed by atoms with van der Waals surface area (Å²) in [6.45, 7) is 1.93. The molecule has 0 amide bonds. The highest BCUT2D eigenvalue weighted by Crippen LogP contribution is 2.01. The lowest BCUT2D eigenvalue weighted by Gasteiger charge is -2.06. The predicted octanol–water partition coefficient (Wildman–Crippen LogP) is -0.965. The monoisotopic (exact) mass is 204 g/mol. The van der Waals surface area contributed by atoms with Gasteiger partial charge in [-0.05, 0) is 13.0 Å². The molecule has 0 spiro atoms. The van der Waals surface area contributed by atoms with Crippen LogP contribution in [0, 0.1) is 0 Å². The molecule has 0 aliphatic rings. The molecule has 0 aromatic carbocycles. The highest BCUT2D eigenvalue weighted by molar-refractivity contribution is 7.89. The van der Waals surface area contributed by atoms with Gasteiger partial charge >= 0.3 is 0 Å². The summed E-state index contributed by atoms with van der Waals surface area (Å²) < 4.78 is 25.1. The molecule has 0 saturated carbocycles. The summed E-state index contributed by atoms with van der Waals surface area (Å²) in [6.07, 6.45) is 1.38. The van der Waals surface area contributed by atoms with Crippen molar-refractivity contribution in [2.75, 3.05) is 6.54 Å². The number of aromatic nitrogens is 2. The second-order valence-electron chi connectivity index (χ2n) is 2.75. The van der Waals surface area contributed by atoms with Gasteiger partial charge in [0.2, 0.25) is 0 Å². The fourth-order valence-electron chi connectivity index (χ4n) is 0.712. The van der Waals surface area contributed by atoms with Gasteiger partial charge in [0, 0.05) is 12.6 Å². The summed E-state index contributed by atoms with van der Waals surface area (Å²) in [4.78, 5) is 0. The number of hydrogen-bond donors (Lipinski definition) is 3. The fourth-order valence-corrected chi connectivity index (χ4v) is 1.76. The van der Waals surface area contributed by atoms with E-state index in [0.29, 0.717) is 0 Å². The van der Waals surface area contributed by atoms with E-state index in [-0.39, 0.29) is 17.6 Å². The molecule has 13 heavy (non-hydrogen) atoms. The van der Waals surface area contributed by atoms with Crippen LogP contribution in [-0.2, 0) is 10.0 Å². The molecule has 7 heteroatoms. The van der Waals surface area contributed by atoms with Crippen molar-refractivity contribution in [3.05, 3.63) is 12.3 Å². The van der Waals surface area contributed by atoms with E-state index in [2.05, 4.69) is 14.9 Å². The third-order valence-corrected chi connectivity index (χ3v) is 2.71. The van der Waals surface area contributed by atoms with Crippen molar-refractivity contribution in [3.63, 3.8) is 0 Å². The first kappa shape index (κ1) is 10.2. The molecule has 0 saturated heterocycles. The average molecular weight is 204 g/mol. The van der Waals surface area contributed by atoms with Crippen LogP contribution in [0.4, 0.5) is 0 Å². The zero-order valence-corrected chi connectivity index (χ0v) is 8.00. The smallest absolute Gasteiger partial charge is 0.257 e. The Hall–Kier alpha value is -0.920. The summed E-state index contributed by atoms with van der Waals surface area (Å²) in [5.74, 6) is 0. The van der Waals surface area contributed by atoms with Crippen molar-refractivity contribution < 1.29 is 8.42 Å². The lowest BCUT2D eigenvalue weighted by atomic mass is 10.4. The first-order valence-electron chi connectivity index (χ1n) is 3.77. The maximum Gasteiger partial charge on any atom is 0.257 e. The zero-order valence-electron chi connectivity index (χ0n) is 7.19. The molecular weight excluding hydrogens is 192 g/mol. The van der Waals surface area contributed by atoms with Crippen LogP contribution in [0.5, 0.6) is 0 Å². The predicted molar refractivity (Wildman–Crippen MR) is 47.4 cm³/mol. The Balaban J connectivity index is 2.68. The number of H-pyrrole nitrogens is 1. The Morgan fingerprint density at radius 3 is 2.92 bits per heavy atom. The molecule has 1 rings (SSSR count). The Morgan fingerprint density at radius 1 is 1.77 bits per heavy atom. The van der Waals surface area contributed by atoms with Gasteiger partial charge in [0.1, 0.15) is 0 Å². The largest absolute Gasteiger partial charge is 0.327 e. The van der Waals surface area contributed by atoms with Crippen LogP contribution in [0.15, 0.2) is 17.3 Å². The summed E-state index contributed by atoms with van der Waals surface area (Å²) >= 11 is 0. The summed E-state index contributed by atoms with van der Waals surface area (Å²) in [5, 5.41) is 5.95. The molecule has 74 valence electrons. The van der Waals surface area contributed by atoms with Crippen LogP contribution in [0.3, 0.4) is 0 Å². The number of hydrogen-bond acceptors (Lipinski definition) is 4. The molecule has 0 fully saturated rings. The minimum absolute atomic E-state index is 0.0492. The van der Waals surface area contributed by atoms with Gasteiger partial charge in [0.05, 0.1) is 6.20 Å². The minimum Gasteiger partial charge on any atom is -0.327 e. The number of nitrogens with two attached hydrogens (primary N) is 1. The quantitative estimate of drug-likeness (QED) is 0.587. The maximum atomic E-state index is 11.4. The van der Waals surface area contributed by atoms with Gasteiger partial charge in [0.25, 0.3) is 10.0 Å². The minimum atomic E-state index is -3.46. The molecule has 6 nitrogen and oxygen atoms in total. The van der Waals surface area contributed by atoms with E-state index in [4.69, 9.17) is 5.73 Å². The van der Waals surface area contributed by atoms with Crippen LogP contribution in [0.25, 0.3) is 0 Å². The van der Waals surface area contributed by atoms with Crippen LogP contribution >= 0.6 is 0 Å². The Bertz CT molecular complexity index is 343. The number of sulfonamides is 1. The van der Waals surface area contributed by atoms with Crippen molar-refractivity contribution in [3.8, 4) is 0 Å². The second-order valence-corrected chi connectivity index (χ2v) is 4.49. The van der Waals surface area contributed by atoms with Gasteiger partial charge in [-0.3, -0.25) is 5.10 Å². The van der Waals surface area contributed by atoms with E-state index >= 15 is 0 Å². The molecule has 1 atom stereocenters. The van der Waals surface area contributed by atoms with Gasteiger partial charge in [-0.1, -0.05) is 0 Å².